The van der Waals surface area contributed by atoms with Gasteiger partial charge in [0.15, 0.2) is 0 Å². The van der Waals surface area contributed by atoms with Crippen molar-refractivity contribution in [2.45, 2.75) is 0 Å². The Kier molecular flexibility index (Phi) is 2.22. The van der Waals surface area contributed by atoms with Crippen molar-refractivity contribution in [1.82, 2.24) is 9.78 Å². The molecule has 2 aromatic carbocycles. The van der Waals surface area contributed by atoms with Gasteiger partial charge < -0.3 is 0 Å². The first kappa shape index (κ1) is 10.1. The molecule has 0 atom stereocenters. The summed E-state index contributed by atoms with van der Waals surface area (Å²) in [4.78, 5) is 0. The SMILES string of the molecule is [CH2]c1ccc(-c2ccc3cnn(C)c3c2)cc1. The number of fused-ring (bicyclic) bond motifs is 1. The summed E-state index contributed by atoms with van der Waals surface area (Å²) in [7, 11) is 1.96. The van der Waals surface area contributed by atoms with Crippen molar-refractivity contribution in [3.05, 3.63) is 61.1 Å². The van der Waals surface area contributed by atoms with Gasteiger partial charge in [-0.2, -0.15) is 5.10 Å². The second-order valence-electron chi connectivity index (χ2n) is 4.24. The van der Waals surface area contributed by atoms with Crippen LogP contribution in [-0.4, -0.2) is 9.78 Å². The van der Waals surface area contributed by atoms with Gasteiger partial charge in [-0.3, -0.25) is 4.68 Å². The molecule has 0 aliphatic rings. The Balaban J connectivity index is 2.17. The fourth-order valence-corrected chi connectivity index (χ4v) is 2.02. The number of hydrogen-bond donors (Lipinski definition) is 0. The van der Waals surface area contributed by atoms with Crippen LogP contribution in [0.15, 0.2) is 48.7 Å². The smallest absolute Gasteiger partial charge is 0.0685 e. The van der Waals surface area contributed by atoms with E-state index in [1.165, 1.54) is 16.5 Å². The molecule has 0 bridgehead atoms. The molecule has 1 radical (unpaired) electrons. The van der Waals surface area contributed by atoms with Crippen LogP contribution < -0.4 is 0 Å². The molecule has 0 unspecified atom stereocenters. The van der Waals surface area contributed by atoms with Gasteiger partial charge in [-0.1, -0.05) is 36.4 Å². The minimum atomic E-state index is 1.04. The van der Waals surface area contributed by atoms with Crippen LogP contribution in [0.2, 0.25) is 0 Å². The molecule has 2 heteroatoms. The summed E-state index contributed by atoms with van der Waals surface area (Å²) >= 11 is 0. The molecule has 0 saturated carbocycles. The van der Waals surface area contributed by atoms with Crippen LogP contribution in [-0.2, 0) is 7.05 Å². The highest BCUT2D eigenvalue weighted by Gasteiger charge is 2.02. The van der Waals surface area contributed by atoms with E-state index in [-0.39, 0.29) is 0 Å². The van der Waals surface area contributed by atoms with Crippen LogP contribution in [0.4, 0.5) is 0 Å². The molecule has 17 heavy (non-hydrogen) atoms. The van der Waals surface area contributed by atoms with Gasteiger partial charge >= 0.3 is 0 Å². The Morgan fingerprint density at radius 1 is 1.00 bits per heavy atom. The zero-order valence-electron chi connectivity index (χ0n) is 9.72. The lowest BCUT2D eigenvalue weighted by Gasteiger charge is -2.03. The van der Waals surface area contributed by atoms with Gasteiger partial charge in [-0.15, -0.1) is 0 Å². The molecule has 0 spiro atoms. The molecule has 3 rings (SSSR count). The molecule has 0 fully saturated rings. The van der Waals surface area contributed by atoms with E-state index in [9.17, 15) is 0 Å². The first-order chi connectivity index (χ1) is 8.24. The quantitative estimate of drug-likeness (QED) is 0.615. The Morgan fingerprint density at radius 3 is 2.47 bits per heavy atom. The van der Waals surface area contributed by atoms with Crippen LogP contribution in [0.5, 0.6) is 0 Å². The van der Waals surface area contributed by atoms with E-state index in [4.69, 9.17) is 0 Å². The van der Waals surface area contributed by atoms with E-state index in [0.717, 1.165) is 11.1 Å². The van der Waals surface area contributed by atoms with Crippen LogP contribution >= 0.6 is 0 Å². The van der Waals surface area contributed by atoms with E-state index in [2.05, 4.69) is 42.4 Å². The van der Waals surface area contributed by atoms with Gasteiger partial charge in [0.05, 0.1) is 11.7 Å². The standard InChI is InChI=1S/C15H13N2/c1-11-3-5-12(6-4-11)13-7-8-14-10-16-17(2)15(14)9-13/h3-10H,1H2,2H3. The Hall–Kier alpha value is -2.09. The lowest BCUT2D eigenvalue weighted by atomic mass is 10.0. The summed E-state index contributed by atoms with van der Waals surface area (Å²) in [5, 5.41) is 5.42. The maximum atomic E-state index is 4.25. The molecular formula is C15H13N2. The molecule has 0 amide bonds. The minimum absolute atomic E-state index is 1.04. The van der Waals surface area contributed by atoms with Crippen molar-refractivity contribution < 1.29 is 0 Å². The predicted molar refractivity (Wildman–Crippen MR) is 70.6 cm³/mol. The summed E-state index contributed by atoms with van der Waals surface area (Å²) < 4.78 is 1.90. The van der Waals surface area contributed by atoms with Gasteiger partial charge in [0.25, 0.3) is 0 Å². The molecule has 3 aromatic rings. The molecular weight excluding hydrogens is 208 g/mol. The molecule has 0 aliphatic carbocycles. The van der Waals surface area contributed by atoms with Gasteiger partial charge in [0, 0.05) is 12.4 Å². The summed E-state index contributed by atoms with van der Waals surface area (Å²) in [6.45, 7) is 3.90. The second kappa shape index (κ2) is 3.74. The van der Waals surface area contributed by atoms with E-state index in [1.807, 2.05) is 30.1 Å². The number of hydrogen-bond acceptors (Lipinski definition) is 1. The molecule has 0 N–H and O–H groups in total. The third kappa shape index (κ3) is 1.72. The number of aryl methyl sites for hydroxylation is 1. The van der Waals surface area contributed by atoms with Crippen LogP contribution in [0, 0.1) is 6.92 Å². The molecule has 0 aliphatic heterocycles. The third-order valence-electron chi connectivity index (χ3n) is 3.04. The summed E-state index contributed by atoms with van der Waals surface area (Å²) in [5.74, 6) is 0. The van der Waals surface area contributed by atoms with Crippen molar-refractivity contribution in [1.29, 1.82) is 0 Å². The van der Waals surface area contributed by atoms with Crippen molar-refractivity contribution in [2.75, 3.05) is 0 Å². The zero-order chi connectivity index (χ0) is 11.8. The normalized spacial score (nSPS) is 10.9. The van der Waals surface area contributed by atoms with Crippen LogP contribution in [0.3, 0.4) is 0 Å². The Morgan fingerprint density at radius 2 is 1.71 bits per heavy atom. The number of benzene rings is 2. The highest BCUT2D eigenvalue weighted by atomic mass is 15.2. The monoisotopic (exact) mass is 221 g/mol. The first-order valence-electron chi connectivity index (χ1n) is 5.58. The van der Waals surface area contributed by atoms with Crippen molar-refractivity contribution in [3.8, 4) is 11.1 Å². The largest absolute Gasteiger partial charge is 0.268 e. The van der Waals surface area contributed by atoms with E-state index >= 15 is 0 Å². The summed E-state index contributed by atoms with van der Waals surface area (Å²) in [6.07, 6.45) is 1.89. The van der Waals surface area contributed by atoms with Gasteiger partial charge in [0.1, 0.15) is 0 Å². The topological polar surface area (TPSA) is 17.8 Å². The molecule has 83 valence electrons. The predicted octanol–water partition coefficient (Wildman–Crippen LogP) is 3.42. The highest BCUT2D eigenvalue weighted by molar-refractivity contribution is 5.84. The minimum Gasteiger partial charge on any atom is -0.268 e. The average Bonchev–Trinajstić information content (AvgIpc) is 2.72. The Labute approximate surface area is 101 Å². The highest BCUT2D eigenvalue weighted by Crippen LogP contribution is 2.24. The zero-order valence-corrected chi connectivity index (χ0v) is 9.72. The van der Waals surface area contributed by atoms with Gasteiger partial charge in [-0.05, 0) is 29.7 Å². The number of rotatable bonds is 1. The number of aromatic nitrogens is 2. The molecule has 1 aromatic heterocycles. The van der Waals surface area contributed by atoms with Gasteiger partial charge in [-0.25, -0.2) is 0 Å². The van der Waals surface area contributed by atoms with Crippen molar-refractivity contribution in [2.24, 2.45) is 7.05 Å². The third-order valence-corrected chi connectivity index (χ3v) is 3.04. The van der Waals surface area contributed by atoms with E-state index in [0.29, 0.717) is 0 Å². The molecule has 0 saturated heterocycles. The lowest BCUT2D eigenvalue weighted by molar-refractivity contribution is 0.797. The summed E-state index contributed by atoms with van der Waals surface area (Å²) in [5.41, 5.74) is 4.61. The molecule has 1 heterocycles. The van der Waals surface area contributed by atoms with E-state index in [1.54, 1.807) is 0 Å². The van der Waals surface area contributed by atoms with Crippen molar-refractivity contribution >= 4 is 10.9 Å². The lowest BCUT2D eigenvalue weighted by Crippen LogP contribution is -1.88. The van der Waals surface area contributed by atoms with Crippen LogP contribution in [0.25, 0.3) is 22.0 Å². The second-order valence-corrected chi connectivity index (χ2v) is 4.24. The number of nitrogens with zero attached hydrogens (tertiary/aromatic N) is 2. The average molecular weight is 221 g/mol. The van der Waals surface area contributed by atoms with Crippen LogP contribution in [0.1, 0.15) is 5.56 Å². The fourth-order valence-electron chi connectivity index (χ4n) is 2.02. The Bertz CT molecular complexity index is 663. The fraction of sp³-hybridized carbons (Fsp3) is 0.0667. The van der Waals surface area contributed by atoms with Crippen molar-refractivity contribution in [3.63, 3.8) is 0 Å². The maximum absolute atomic E-state index is 4.25. The van der Waals surface area contributed by atoms with E-state index < -0.39 is 0 Å². The summed E-state index contributed by atoms with van der Waals surface area (Å²) in [6, 6.07) is 14.7. The first-order valence-corrected chi connectivity index (χ1v) is 5.58. The maximum Gasteiger partial charge on any atom is 0.0685 e. The molecule has 2 nitrogen and oxygen atoms in total. The van der Waals surface area contributed by atoms with Gasteiger partial charge in [0.2, 0.25) is 0 Å².